The zero-order valence-electron chi connectivity index (χ0n) is 16.8. The van der Waals surface area contributed by atoms with E-state index in [-0.39, 0.29) is 17.9 Å². The molecule has 4 rings (SSSR count). The first kappa shape index (κ1) is 22.1. The van der Waals surface area contributed by atoms with Gasteiger partial charge in [-0.2, -0.15) is 9.78 Å². The van der Waals surface area contributed by atoms with Crippen LogP contribution in [0.1, 0.15) is 16.1 Å². The van der Waals surface area contributed by atoms with Crippen molar-refractivity contribution in [2.24, 2.45) is 0 Å². The monoisotopic (exact) mass is 468 g/mol. The largest absolute Gasteiger partial charge is 0.352 e. The Morgan fingerprint density at radius 3 is 2.36 bits per heavy atom. The second-order valence-electron chi connectivity index (χ2n) is 7.01. The van der Waals surface area contributed by atoms with E-state index in [9.17, 15) is 23.2 Å². The van der Waals surface area contributed by atoms with E-state index in [0.29, 0.717) is 10.6 Å². The molecule has 0 aliphatic rings. The minimum Gasteiger partial charge on any atom is -0.320 e. The summed E-state index contributed by atoms with van der Waals surface area (Å²) < 4.78 is 28.5. The molecule has 0 unspecified atom stereocenters. The number of anilines is 1. The van der Waals surface area contributed by atoms with Gasteiger partial charge in [-0.3, -0.25) is 14.2 Å². The number of carbonyl (C=O) groups is 1. The van der Waals surface area contributed by atoms with Gasteiger partial charge in [0, 0.05) is 10.7 Å². The van der Waals surface area contributed by atoms with E-state index in [0.717, 1.165) is 27.4 Å². The van der Waals surface area contributed by atoms with Crippen molar-refractivity contribution in [1.82, 2.24) is 14.3 Å². The van der Waals surface area contributed by atoms with E-state index >= 15 is 0 Å². The lowest BCUT2D eigenvalue weighted by atomic mass is 10.2. The summed E-state index contributed by atoms with van der Waals surface area (Å²) >= 11 is 6.00. The third-order valence-corrected chi connectivity index (χ3v) is 4.89. The van der Waals surface area contributed by atoms with Gasteiger partial charge in [-0.25, -0.2) is 13.6 Å². The van der Waals surface area contributed by atoms with Gasteiger partial charge in [-0.15, -0.1) is 0 Å². The molecule has 1 N–H and O–H groups in total. The lowest BCUT2D eigenvalue weighted by Gasteiger charge is -2.12. The number of hydrogen-bond acceptors (Lipinski definition) is 4. The number of nitrogens with one attached hydrogen (secondary N) is 1. The number of halogens is 3. The third kappa shape index (κ3) is 4.88. The fourth-order valence-electron chi connectivity index (χ4n) is 3.12. The second-order valence-corrected chi connectivity index (χ2v) is 7.44. The third-order valence-electron chi connectivity index (χ3n) is 4.66. The lowest BCUT2D eigenvalue weighted by Crippen LogP contribution is -2.45. The summed E-state index contributed by atoms with van der Waals surface area (Å²) in [6.07, 6.45) is 0. The van der Waals surface area contributed by atoms with Gasteiger partial charge >= 0.3 is 5.69 Å². The quantitative estimate of drug-likeness (QED) is 0.484. The summed E-state index contributed by atoms with van der Waals surface area (Å²) in [5, 5.41) is 6.72. The first-order chi connectivity index (χ1) is 15.8. The Labute approximate surface area is 190 Å². The molecule has 10 heteroatoms. The molecule has 33 heavy (non-hydrogen) atoms. The molecule has 0 atom stereocenters. The van der Waals surface area contributed by atoms with Gasteiger partial charge in [0.2, 0.25) is 5.69 Å². The topological polar surface area (TPSA) is 86.0 Å². The normalized spacial score (nSPS) is 10.8. The molecule has 0 radical (unpaired) electrons. The Balaban J connectivity index is 1.85. The Bertz CT molecular complexity index is 1470. The van der Waals surface area contributed by atoms with Crippen LogP contribution < -0.4 is 16.6 Å². The van der Waals surface area contributed by atoms with Crippen LogP contribution in [-0.2, 0) is 6.54 Å². The van der Waals surface area contributed by atoms with Gasteiger partial charge in [0.15, 0.2) is 0 Å². The highest BCUT2D eigenvalue weighted by Crippen LogP contribution is 2.12. The molecule has 0 aliphatic carbocycles. The number of carbonyl (C=O) groups excluding carboxylic acids is 1. The Morgan fingerprint density at radius 1 is 0.939 bits per heavy atom. The van der Waals surface area contributed by atoms with E-state index < -0.39 is 34.5 Å². The first-order valence-electron chi connectivity index (χ1n) is 9.63. The van der Waals surface area contributed by atoms with Crippen molar-refractivity contribution in [3.8, 4) is 5.69 Å². The Morgan fingerprint density at radius 2 is 1.67 bits per heavy atom. The van der Waals surface area contributed by atoms with Crippen LogP contribution in [0.3, 0.4) is 0 Å². The molecule has 0 spiro atoms. The number of nitrogens with zero attached hydrogens (tertiary/aromatic N) is 3. The number of amides is 1. The van der Waals surface area contributed by atoms with Crippen molar-refractivity contribution in [3.63, 3.8) is 0 Å². The van der Waals surface area contributed by atoms with E-state index in [1.807, 2.05) is 0 Å². The average molecular weight is 469 g/mol. The van der Waals surface area contributed by atoms with Crippen LogP contribution in [0, 0.1) is 11.6 Å². The maximum atomic E-state index is 13.5. The van der Waals surface area contributed by atoms with Crippen LogP contribution in [0.4, 0.5) is 14.5 Å². The standard InChI is InChI=1S/C23H15ClF2N4O3/c24-15-4-1-3-14(11-15)13-29-22(32)20(21(31)27-18-6-2-5-17(26)12-18)28-30(23(29)33)19-9-7-16(25)8-10-19/h1-12H,13H2,(H,27,31). The van der Waals surface area contributed by atoms with Gasteiger partial charge in [-0.1, -0.05) is 29.8 Å². The predicted molar refractivity (Wildman–Crippen MR) is 119 cm³/mol. The minimum atomic E-state index is -0.952. The number of aromatic nitrogens is 3. The Hall–Kier alpha value is -4.11. The van der Waals surface area contributed by atoms with Gasteiger partial charge in [0.05, 0.1) is 12.2 Å². The van der Waals surface area contributed by atoms with Crippen LogP contribution >= 0.6 is 11.6 Å². The summed E-state index contributed by atoms with van der Waals surface area (Å²) in [6, 6.07) is 16.4. The van der Waals surface area contributed by atoms with Crippen molar-refractivity contribution in [1.29, 1.82) is 0 Å². The highest BCUT2D eigenvalue weighted by Gasteiger charge is 2.21. The summed E-state index contributed by atoms with van der Waals surface area (Å²) in [5.41, 5.74) is -1.62. The Kier molecular flexibility index (Phi) is 6.14. The van der Waals surface area contributed by atoms with Gasteiger partial charge in [0.25, 0.3) is 11.5 Å². The summed E-state index contributed by atoms with van der Waals surface area (Å²) in [6.45, 7) is -0.192. The molecule has 1 heterocycles. The SMILES string of the molecule is O=C(Nc1cccc(F)c1)c1nn(-c2ccc(F)cc2)c(=O)n(Cc2cccc(Cl)c2)c1=O. The average Bonchev–Trinajstić information content (AvgIpc) is 2.77. The van der Waals surface area contributed by atoms with Crippen LogP contribution in [0.5, 0.6) is 0 Å². The molecule has 0 saturated carbocycles. The maximum absolute atomic E-state index is 13.5. The zero-order chi connectivity index (χ0) is 23.5. The van der Waals surface area contributed by atoms with Crippen molar-refractivity contribution < 1.29 is 13.6 Å². The molecule has 166 valence electrons. The van der Waals surface area contributed by atoms with Crippen LogP contribution in [0.25, 0.3) is 5.69 Å². The summed E-state index contributed by atoms with van der Waals surface area (Å²) in [7, 11) is 0. The molecule has 0 aliphatic heterocycles. The molecule has 7 nitrogen and oxygen atoms in total. The van der Waals surface area contributed by atoms with Crippen molar-refractivity contribution in [3.05, 3.63) is 122 Å². The lowest BCUT2D eigenvalue weighted by molar-refractivity contribution is 0.101. The molecular formula is C23H15ClF2N4O3. The zero-order valence-corrected chi connectivity index (χ0v) is 17.6. The number of hydrogen-bond donors (Lipinski definition) is 1. The van der Waals surface area contributed by atoms with Gasteiger partial charge in [0.1, 0.15) is 11.6 Å². The molecule has 1 aromatic heterocycles. The molecule has 0 saturated heterocycles. The fourth-order valence-corrected chi connectivity index (χ4v) is 3.33. The van der Waals surface area contributed by atoms with Crippen LogP contribution in [-0.4, -0.2) is 20.3 Å². The van der Waals surface area contributed by atoms with E-state index in [1.165, 1.54) is 30.3 Å². The van der Waals surface area contributed by atoms with E-state index in [2.05, 4.69) is 10.4 Å². The molecule has 3 aromatic carbocycles. The second kappa shape index (κ2) is 9.17. The number of benzene rings is 3. The van der Waals surface area contributed by atoms with Crippen LogP contribution in [0.2, 0.25) is 5.02 Å². The minimum absolute atomic E-state index is 0.0992. The predicted octanol–water partition coefficient (Wildman–Crippen LogP) is 3.63. The number of rotatable bonds is 5. The molecule has 0 bridgehead atoms. The molecule has 1 amide bonds. The highest BCUT2D eigenvalue weighted by molar-refractivity contribution is 6.30. The van der Waals surface area contributed by atoms with Crippen molar-refractivity contribution in [2.45, 2.75) is 6.54 Å². The van der Waals surface area contributed by atoms with Gasteiger partial charge < -0.3 is 5.32 Å². The first-order valence-corrected chi connectivity index (χ1v) is 10.0. The smallest absolute Gasteiger partial charge is 0.320 e. The van der Waals surface area contributed by atoms with Crippen LogP contribution in [0.15, 0.2) is 82.4 Å². The molecule has 4 aromatic rings. The van der Waals surface area contributed by atoms with E-state index in [1.54, 1.807) is 24.3 Å². The van der Waals surface area contributed by atoms with Gasteiger partial charge in [-0.05, 0) is 60.2 Å². The maximum Gasteiger partial charge on any atom is 0.352 e. The highest BCUT2D eigenvalue weighted by atomic mass is 35.5. The molecular weight excluding hydrogens is 454 g/mol. The fraction of sp³-hybridized carbons (Fsp3) is 0.0435. The summed E-state index contributed by atoms with van der Waals surface area (Å²) in [5.74, 6) is -2.07. The molecule has 0 fully saturated rings. The van der Waals surface area contributed by atoms with Crippen molar-refractivity contribution in [2.75, 3.05) is 5.32 Å². The summed E-state index contributed by atoms with van der Waals surface area (Å²) in [4.78, 5) is 39.0. The van der Waals surface area contributed by atoms with E-state index in [4.69, 9.17) is 11.6 Å². The van der Waals surface area contributed by atoms with Crippen molar-refractivity contribution >= 4 is 23.2 Å².